The lowest BCUT2D eigenvalue weighted by Gasteiger charge is -2.22. The number of rotatable bonds is 4. The van der Waals surface area contributed by atoms with Crippen molar-refractivity contribution in [2.75, 3.05) is 25.9 Å². The van der Waals surface area contributed by atoms with Gasteiger partial charge in [-0.25, -0.2) is 9.97 Å². The highest BCUT2D eigenvalue weighted by molar-refractivity contribution is 5.81. The molecule has 0 bridgehead atoms. The van der Waals surface area contributed by atoms with Gasteiger partial charge in [-0.1, -0.05) is 12.1 Å². The van der Waals surface area contributed by atoms with Gasteiger partial charge in [-0.3, -0.25) is 4.68 Å². The topological polar surface area (TPSA) is 104 Å². The van der Waals surface area contributed by atoms with Crippen molar-refractivity contribution in [2.24, 2.45) is 0 Å². The third-order valence-corrected chi connectivity index (χ3v) is 5.33. The van der Waals surface area contributed by atoms with Crippen LogP contribution in [0, 0.1) is 0 Å². The highest BCUT2D eigenvalue weighted by atomic mass is 16.5. The van der Waals surface area contributed by atoms with Crippen LogP contribution in [0.4, 0.5) is 5.82 Å². The molecule has 8 heteroatoms. The van der Waals surface area contributed by atoms with Crippen molar-refractivity contribution in [3.8, 4) is 28.5 Å². The number of piperidine rings is 1. The number of nitrogen functional groups attached to an aromatic ring is 1. The summed E-state index contributed by atoms with van der Waals surface area (Å²) in [5.41, 5.74) is 10.0. The van der Waals surface area contributed by atoms with Gasteiger partial charge in [0.2, 0.25) is 11.8 Å². The first-order valence-electron chi connectivity index (χ1n) is 9.68. The quantitative estimate of drug-likeness (QED) is 0.551. The number of hydrogen-bond donors (Lipinski definition) is 2. The summed E-state index contributed by atoms with van der Waals surface area (Å²) in [4.78, 5) is 8.93. The van der Waals surface area contributed by atoms with Crippen molar-refractivity contribution in [3.63, 3.8) is 0 Å². The van der Waals surface area contributed by atoms with Crippen molar-refractivity contribution in [1.29, 1.82) is 0 Å². The lowest BCUT2D eigenvalue weighted by molar-refractivity contribution is 0.327. The Morgan fingerprint density at radius 2 is 2.03 bits per heavy atom. The second-order valence-electron chi connectivity index (χ2n) is 7.16. The van der Waals surface area contributed by atoms with Crippen molar-refractivity contribution in [2.45, 2.75) is 18.9 Å². The molecule has 4 aromatic rings. The number of aromatic nitrogens is 4. The first-order valence-corrected chi connectivity index (χ1v) is 9.68. The molecular formula is C21H22N6O2. The molecule has 0 atom stereocenters. The van der Waals surface area contributed by atoms with Gasteiger partial charge in [0.15, 0.2) is 5.58 Å². The third kappa shape index (κ3) is 3.21. The number of nitrogens with two attached hydrogens (primary N) is 1. The average molecular weight is 390 g/mol. The van der Waals surface area contributed by atoms with E-state index in [1.54, 1.807) is 13.3 Å². The number of hydrogen-bond acceptors (Lipinski definition) is 7. The smallest absolute Gasteiger partial charge is 0.240 e. The van der Waals surface area contributed by atoms with Gasteiger partial charge in [-0.15, -0.1) is 5.10 Å². The molecule has 1 aliphatic rings. The van der Waals surface area contributed by atoms with Gasteiger partial charge >= 0.3 is 0 Å². The van der Waals surface area contributed by atoms with Crippen LogP contribution in [-0.4, -0.2) is 39.9 Å². The molecular weight excluding hydrogens is 368 g/mol. The van der Waals surface area contributed by atoms with Crippen LogP contribution in [0.25, 0.3) is 33.7 Å². The maximum absolute atomic E-state index is 6.14. The van der Waals surface area contributed by atoms with E-state index in [1.807, 2.05) is 41.2 Å². The van der Waals surface area contributed by atoms with Gasteiger partial charge < -0.3 is 20.2 Å². The molecule has 1 aromatic carbocycles. The van der Waals surface area contributed by atoms with Gasteiger partial charge in [-0.05, 0) is 44.1 Å². The third-order valence-electron chi connectivity index (χ3n) is 5.33. The number of oxazole rings is 1. The molecule has 0 radical (unpaired) electrons. The van der Waals surface area contributed by atoms with E-state index < -0.39 is 0 Å². The minimum absolute atomic E-state index is 0.358. The number of anilines is 1. The fourth-order valence-corrected chi connectivity index (χ4v) is 3.76. The van der Waals surface area contributed by atoms with E-state index >= 15 is 0 Å². The van der Waals surface area contributed by atoms with Crippen LogP contribution in [0.3, 0.4) is 0 Å². The monoisotopic (exact) mass is 390 g/mol. The van der Waals surface area contributed by atoms with E-state index in [0.29, 0.717) is 34.8 Å². The zero-order valence-electron chi connectivity index (χ0n) is 16.1. The first-order chi connectivity index (χ1) is 14.2. The Labute approximate surface area is 167 Å². The molecule has 29 heavy (non-hydrogen) atoms. The maximum Gasteiger partial charge on any atom is 0.240 e. The molecule has 0 unspecified atom stereocenters. The van der Waals surface area contributed by atoms with Crippen molar-refractivity contribution >= 4 is 16.9 Å². The molecule has 1 saturated heterocycles. The minimum Gasteiger partial charge on any atom is -0.479 e. The number of nitrogens with one attached hydrogen (secondary N) is 1. The van der Waals surface area contributed by atoms with Crippen LogP contribution in [0.1, 0.15) is 18.9 Å². The van der Waals surface area contributed by atoms with E-state index in [1.165, 1.54) is 0 Å². The highest BCUT2D eigenvalue weighted by Crippen LogP contribution is 2.35. The van der Waals surface area contributed by atoms with Crippen molar-refractivity contribution in [1.82, 2.24) is 25.1 Å². The number of nitrogens with zero attached hydrogens (tertiary/aromatic N) is 4. The highest BCUT2D eigenvalue weighted by Gasteiger charge is 2.21. The number of benzene rings is 1. The van der Waals surface area contributed by atoms with Gasteiger partial charge in [0.1, 0.15) is 11.3 Å². The fraction of sp³-hybridized carbons (Fsp3) is 0.286. The van der Waals surface area contributed by atoms with Crippen LogP contribution in [0.5, 0.6) is 5.88 Å². The van der Waals surface area contributed by atoms with Crippen LogP contribution in [0.2, 0.25) is 0 Å². The molecule has 3 N–H and O–H groups in total. The Hall–Kier alpha value is -3.39. The van der Waals surface area contributed by atoms with Crippen molar-refractivity contribution < 1.29 is 9.15 Å². The number of para-hydroxylation sites is 2. The Morgan fingerprint density at radius 1 is 1.21 bits per heavy atom. The van der Waals surface area contributed by atoms with Crippen molar-refractivity contribution in [3.05, 3.63) is 42.7 Å². The summed E-state index contributed by atoms with van der Waals surface area (Å²) in [6.45, 7) is 1.99. The van der Waals surface area contributed by atoms with Crippen LogP contribution in [-0.2, 0) is 0 Å². The molecule has 1 fully saturated rings. The molecule has 148 valence electrons. The minimum atomic E-state index is 0.358. The van der Waals surface area contributed by atoms with E-state index in [0.717, 1.165) is 42.6 Å². The van der Waals surface area contributed by atoms with Crippen LogP contribution in [0.15, 0.2) is 47.1 Å². The number of pyridine rings is 1. The number of fused-ring (bicyclic) bond motifs is 1. The zero-order valence-corrected chi connectivity index (χ0v) is 16.1. The summed E-state index contributed by atoms with van der Waals surface area (Å²) < 4.78 is 13.4. The number of methoxy groups -OCH3 is 1. The molecule has 8 nitrogen and oxygen atoms in total. The summed E-state index contributed by atoms with van der Waals surface area (Å²) in [7, 11) is 1.63. The predicted molar refractivity (Wildman–Crippen MR) is 111 cm³/mol. The van der Waals surface area contributed by atoms with Gasteiger partial charge in [0, 0.05) is 18.0 Å². The lowest BCUT2D eigenvalue weighted by Crippen LogP contribution is -2.29. The summed E-state index contributed by atoms with van der Waals surface area (Å²) >= 11 is 0. The SMILES string of the molecule is COc1nn(C2CCNCC2)cc1-c1cnc(N)c(-c2nc3ccccc3o2)c1. The summed E-state index contributed by atoms with van der Waals surface area (Å²) in [5, 5.41) is 8.04. The molecule has 4 heterocycles. The summed E-state index contributed by atoms with van der Waals surface area (Å²) in [6, 6.07) is 9.91. The number of ether oxygens (including phenoxy) is 1. The molecule has 3 aromatic heterocycles. The standard InChI is InChI=1S/C21H22N6O2/c1-28-21-16(12-27(26-21)14-6-8-23-9-7-14)13-10-15(19(22)24-11-13)20-25-17-4-2-3-5-18(17)29-20/h2-5,10-12,14,23H,6-9H2,1H3,(H2,22,24). The molecule has 0 saturated carbocycles. The molecule has 5 rings (SSSR count). The van der Waals surface area contributed by atoms with E-state index in [9.17, 15) is 0 Å². The fourth-order valence-electron chi connectivity index (χ4n) is 3.76. The molecule has 1 aliphatic heterocycles. The second kappa shape index (κ2) is 7.21. The average Bonchev–Trinajstić information content (AvgIpc) is 3.39. The Bertz CT molecular complexity index is 1130. The molecule has 0 amide bonds. The lowest BCUT2D eigenvalue weighted by atomic mass is 10.1. The van der Waals surface area contributed by atoms with E-state index in [-0.39, 0.29) is 0 Å². The Kier molecular flexibility index (Phi) is 4.40. The molecule has 0 aliphatic carbocycles. The maximum atomic E-state index is 6.14. The van der Waals surface area contributed by atoms with E-state index in [4.69, 9.17) is 14.9 Å². The summed E-state index contributed by atoms with van der Waals surface area (Å²) in [6.07, 6.45) is 5.84. The van der Waals surface area contributed by atoms with Crippen LogP contribution < -0.4 is 15.8 Å². The second-order valence-corrected chi connectivity index (χ2v) is 7.16. The first kappa shape index (κ1) is 17.7. The van der Waals surface area contributed by atoms with E-state index in [2.05, 4.69) is 20.4 Å². The summed E-state index contributed by atoms with van der Waals surface area (Å²) in [5.74, 6) is 1.38. The van der Waals surface area contributed by atoms with Gasteiger partial charge in [-0.2, -0.15) is 0 Å². The largest absolute Gasteiger partial charge is 0.479 e. The Balaban J connectivity index is 1.56. The van der Waals surface area contributed by atoms with Gasteiger partial charge in [0.25, 0.3) is 0 Å². The zero-order chi connectivity index (χ0) is 19.8. The van der Waals surface area contributed by atoms with Crippen LogP contribution >= 0.6 is 0 Å². The predicted octanol–water partition coefficient (Wildman–Crippen LogP) is 3.27. The normalized spacial score (nSPS) is 15.1. The van der Waals surface area contributed by atoms with Gasteiger partial charge in [0.05, 0.1) is 24.3 Å². The Morgan fingerprint density at radius 3 is 2.83 bits per heavy atom. The molecule has 0 spiro atoms.